The highest BCUT2D eigenvalue weighted by Crippen LogP contribution is 2.09. The van der Waals surface area contributed by atoms with Crippen molar-refractivity contribution in [3.63, 3.8) is 0 Å². The summed E-state index contributed by atoms with van der Waals surface area (Å²) in [5.74, 6) is 0.980. The van der Waals surface area contributed by atoms with E-state index in [1.165, 1.54) is 19.5 Å². The molecule has 0 aliphatic carbocycles. The fourth-order valence-electron chi connectivity index (χ4n) is 1.35. The molecule has 0 saturated carbocycles. The van der Waals surface area contributed by atoms with Crippen molar-refractivity contribution < 1.29 is 13.2 Å². The van der Waals surface area contributed by atoms with Crippen molar-refractivity contribution in [1.82, 2.24) is 14.7 Å². The van der Waals surface area contributed by atoms with E-state index in [0.29, 0.717) is 18.2 Å². The molecular formula is C10H18N4O3S. The van der Waals surface area contributed by atoms with Gasteiger partial charge in [-0.2, -0.15) is 0 Å². The molecule has 102 valence electrons. The van der Waals surface area contributed by atoms with Crippen molar-refractivity contribution in [2.45, 2.75) is 19.4 Å². The molecule has 7 nitrogen and oxygen atoms in total. The van der Waals surface area contributed by atoms with Gasteiger partial charge in [-0.1, -0.05) is 0 Å². The van der Waals surface area contributed by atoms with Gasteiger partial charge in [0.25, 0.3) is 0 Å². The van der Waals surface area contributed by atoms with E-state index in [-0.39, 0.29) is 0 Å². The lowest BCUT2D eigenvalue weighted by Crippen LogP contribution is -2.47. The van der Waals surface area contributed by atoms with Gasteiger partial charge in [-0.15, -0.1) is 0 Å². The van der Waals surface area contributed by atoms with Crippen LogP contribution in [0.1, 0.15) is 13.8 Å². The van der Waals surface area contributed by atoms with Gasteiger partial charge in [-0.25, -0.2) is 23.1 Å². The van der Waals surface area contributed by atoms with E-state index in [1.54, 1.807) is 13.8 Å². The third-order valence-corrected chi connectivity index (χ3v) is 2.94. The summed E-state index contributed by atoms with van der Waals surface area (Å²) < 4.78 is 29.8. The largest absolute Gasteiger partial charge is 0.494 e. The van der Waals surface area contributed by atoms with Gasteiger partial charge in [0, 0.05) is 12.1 Å². The molecule has 0 amide bonds. The number of hydrogen-bond acceptors (Lipinski definition) is 6. The lowest BCUT2D eigenvalue weighted by Gasteiger charge is -2.25. The standard InChI is InChI=1S/C10H18N4O3S/c1-10(2,14-18(4,15)16)7-13-9-11-5-8(17-3)6-12-9/h5-6,14H,7H2,1-4H3,(H,11,12,13). The van der Waals surface area contributed by atoms with Crippen molar-refractivity contribution >= 4 is 16.0 Å². The monoisotopic (exact) mass is 274 g/mol. The highest BCUT2D eigenvalue weighted by Gasteiger charge is 2.22. The van der Waals surface area contributed by atoms with E-state index in [0.717, 1.165) is 6.26 Å². The van der Waals surface area contributed by atoms with Gasteiger partial charge in [-0.3, -0.25) is 0 Å². The van der Waals surface area contributed by atoms with Gasteiger partial charge in [0.1, 0.15) is 0 Å². The van der Waals surface area contributed by atoms with Crippen LogP contribution in [0.5, 0.6) is 5.75 Å². The Morgan fingerprint density at radius 1 is 1.33 bits per heavy atom. The van der Waals surface area contributed by atoms with Crippen LogP contribution in [0.2, 0.25) is 0 Å². The summed E-state index contributed by atoms with van der Waals surface area (Å²) in [4.78, 5) is 8.05. The molecule has 0 radical (unpaired) electrons. The molecule has 0 unspecified atom stereocenters. The normalized spacial score (nSPS) is 12.2. The van der Waals surface area contributed by atoms with Crippen molar-refractivity contribution in [3.05, 3.63) is 12.4 Å². The van der Waals surface area contributed by atoms with E-state index in [2.05, 4.69) is 20.0 Å². The molecule has 1 rings (SSSR count). The minimum atomic E-state index is -3.25. The topological polar surface area (TPSA) is 93.2 Å². The third kappa shape index (κ3) is 5.28. The molecule has 0 atom stereocenters. The fraction of sp³-hybridized carbons (Fsp3) is 0.600. The Labute approximate surface area is 107 Å². The second kappa shape index (κ2) is 5.49. The minimum absolute atomic E-state index is 0.367. The average molecular weight is 274 g/mol. The van der Waals surface area contributed by atoms with Crippen LogP contribution >= 0.6 is 0 Å². The Bertz CT molecular complexity index is 484. The molecule has 0 fully saturated rings. The molecule has 0 aromatic carbocycles. The maximum atomic E-state index is 11.2. The molecule has 1 aromatic heterocycles. The van der Waals surface area contributed by atoms with E-state index in [4.69, 9.17) is 4.74 Å². The Morgan fingerprint density at radius 3 is 2.33 bits per heavy atom. The SMILES string of the molecule is COc1cnc(NCC(C)(C)NS(C)(=O)=O)nc1. The first kappa shape index (κ1) is 14.7. The van der Waals surface area contributed by atoms with Crippen LogP contribution in [-0.4, -0.2) is 43.8 Å². The summed E-state index contributed by atoms with van der Waals surface area (Å²) >= 11 is 0. The zero-order chi connectivity index (χ0) is 13.8. The molecule has 0 spiro atoms. The third-order valence-electron chi connectivity index (χ3n) is 2.01. The zero-order valence-electron chi connectivity index (χ0n) is 10.9. The van der Waals surface area contributed by atoms with E-state index >= 15 is 0 Å². The van der Waals surface area contributed by atoms with Gasteiger partial charge in [0.2, 0.25) is 16.0 Å². The number of anilines is 1. The highest BCUT2D eigenvalue weighted by molar-refractivity contribution is 7.88. The van der Waals surface area contributed by atoms with Crippen LogP contribution in [0, 0.1) is 0 Å². The van der Waals surface area contributed by atoms with Crippen LogP contribution in [0.15, 0.2) is 12.4 Å². The van der Waals surface area contributed by atoms with Crippen molar-refractivity contribution in [3.8, 4) is 5.75 Å². The summed E-state index contributed by atoms with van der Waals surface area (Å²) in [7, 11) is -1.72. The predicted octanol–water partition coefficient (Wildman–Crippen LogP) is 0.225. The molecule has 1 heterocycles. The Kier molecular flexibility index (Phi) is 4.47. The number of ether oxygens (including phenoxy) is 1. The van der Waals surface area contributed by atoms with Gasteiger partial charge in [0.05, 0.1) is 25.8 Å². The molecule has 0 saturated heterocycles. The van der Waals surface area contributed by atoms with E-state index in [9.17, 15) is 8.42 Å². The summed E-state index contributed by atoms with van der Waals surface area (Å²) in [6, 6.07) is 0. The average Bonchev–Trinajstić information content (AvgIpc) is 2.24. The van der Waals surface area contributed by atoms with Crippen LogP contribution in [0.25, 0.3) is 0 Å². The first-order valence-electron chi connectivity index (χ1n) is 5.31. The second-order valence-electron chi connectivity index (χ2n) is 4.56. The number of rotatable bonds is 6. The maximum absolute atomic E-state index is 11.2. The molecular weight excluding hydrogens is 256 g/mol. The van der Waals surface area contributed by atoms with Crippen LogP contribution in [-0.2, 0) is 10.0 Å². The summed E-state index contributed by atoms with van der Waals surface area (Å²) in [6.45, 7) is 3.90. The number of nitrogens with one attached hydrogen (secondary N) is 2. The van der Waals surface area contributed by atoms with Gasteiger partial charge in [-0.05, 0) is 13.8 Å². The molecule has 18 heavy (non-hydrogen) atoms. The Balaban J connectivity index is 2.58. The molecule has 2 N–H and O–H groups in total. The summed E-state index contributed by atoms with van der Waals surface area (Å²) in [5.41, 5.74) is -0.628. The van der Waals surface area contributed by atoms with Crippen LogP contribution < -0.4 is 14.8 Å². The molecule has 1 aromatic rings. The quantitative estimate of drug-likeness (QED) is 0.771. The van der Waals surface area contributed by atoms with Crippen molar-refractivity contribution in [2.24, 2.45) is 0 Å². The lowest BCUT2D eigenvalue weighted by atomic mass is 10.1. The second-order valence-corrected chi connectivity index (χ2v) is 6.31. The van der Waals surface area contributed by atoms with Crippen LogP contribution in [0.4, 0.5) is 5.95 Å². The number of methoxy groups -OCH3 is 1. The number of sulfonamides is 1. The zero-order valence-corrected chi connectivity index (χ0v) is 11.7. The lowest BCUT2D eigenvalue weighted by molar-refractivity contribution is 0.410. The smallest absolute Gasteiger partial charge is 0.222 e. The predicted molar refractivity (Wildman–Crippen MR) is 69.1 cm³/mol. The molecule has 0 bridgehead atoms. The highest BCUT2D eigenvalue weighted by atomic mass is 32.2. The molecule has 8 heteroatoms. The van der Waals surface area contributed by atoms with Gasteiger partial charge < -0.3 is 10.1 Å². The summed E-state index contributed by atoms with van der Waals surface area (Å²) in [6.07, 6.45) is 4.19. The molecule has 0 aliphatic rings. The number of aromatic nitrogens is 2. The van der Waals surface area contributed by atoms with E-state index < -0.39 is 15.6 Å². The van der Waals surface area contributed by atoms with Gasteiger partial charge in [0.15, 0.2) is 5.75 Å². The Hall–Kier alpha value is -1.41. The van der Waals surface area contributed by atoms with Crippen molar-refractivity contribution in [2.75, 3.05) is 25.2 Å². The fourth-order valence-corrected chi connectivity index (χ4v) is 2.43. The minimum Gasteiger partial charge on any atom is -0.494 e. The Morgan fingerprint density at radius 2 is 1.89 bits per heavy atom. The van der Waals surface area contributed by atoms with Gasteiger partial charge >= 0.3 is 0 Å². The first-order valence-corrected chi connectivity index (χ1v) is 7.20. The number of nitrogens with zero attached hydrogens (tertiary/aromatic N) is 2. The van der Waals surface area contributed by atoms with Crippen molar-refractivity contribution in [1.29, 1.82) is 0 Å². The summed E-state index contributed by atoms with van der Waals surface area (Å²) in [5, 5.41) is 2.95. The number of hydrogen-bond donors (Lipinski definition) is 2. The first-order chi connectivity index (χ1) is 8.22. The molecule has 0 aliphatic heterocycles. The van der Waals surface area contributed by atoms with E-state index in [1.807, 2.05) is 0 Å². The van der Waals surface area contributed by atoms with Crippen LogP contribution in [0.3, 0.4) is 0 Å². The maximum Gasteiger partial charge on any atom is 0.222 e.